The minimum Gasteiger partial charge on any atom is -0.490 e. The van der Waals surface area contributed by atoms with Crippen LogP contribution in [0.3, 0.4) is 0 Å². The van der Waals surface area contributed by atoms with Crippen molar-refractivity contribution >= 4 is 5.97 Å². The van der Waals surface area contributed by atoms with Crippen molar-refractivity contribution in [3.05, 3.63) is 66.5 Å². The van der Waals surface area contributed by atoms with E-state index in [0.717, 1.165) is 41.8 Å². The summed E-state index contributed by atoms with van der Waals surface area (Å²) in [6.45, 7) is 8.70. The zero-order valence-corrected chi connectivity index (χ0v) is 25.4. The van der Waals surface area contributed by atoms with Gasteiger partial charge >= 0.3 is 5.97 Å². The highest BCUT2D eigenvalue weighted by molar-refractivity contribution is 5.74. The summed E-state index contributed by atoms with van der Waals surface area (Å²) in [4.78, 5) is 21.4. The number of rotatable bonds is 19. The Labute approximate surface area is 246 Å². The van der Waals surface area contributed by atoms with Gasteiger partial charge in [-0.25, -0.2) is 14.8 Å². The zero-order chi connectivity index (χ0) is 29.3. The van der Waals surface area contributed by atoms with E-state index in [-0.39, 0.29) is 18.7 Å². The number of hydrogen-bond donors (Lipinski definition) is 0. The van der Waals surface area contributed by atoms with E-state index in [9.17, 15) is 4.79 Å². The third-order valence-electron chi connectivity index (χ3n) is 7.12. The lowest BCUT2D eigenvalue weighted by Gasteiger charge is -2.18. The summed E-state index contributed by atoms with van der Waals surface area (Å²) < 4.78 is 16.8. The number of esters is 1. The molecule has 0 N–H and O–H groups in total. The Morgan fingerprint density at radius 3 is 2.00 bits per heavy atom. The molecular formula is C35H48N2O4. The summed E-state index contributed by atoms with van der Waals surface area (Å²) in [5.74, 6) is 1.07. The molecule has 6 nitrogen and oxygen atoms in total. The summed E-state index contributed by atoms with van der Waals surface area (Å²) in [7, 11) is 0. The van der Waals surface area contributed by atoms with Crippen molar-refractivity contribution in [2.75, 3.05) is 13.2 Å². The van der Waals surface area contributed by atoms with E-state index in [4.69, 9.17) is 14.2 Å². The maximum Gasteiger partial charge on any atom is 0.335 e. The van der Waals surface area contributed by atoms with Gasteiger partial charge in [-0.3, -0.25) is 0 Å². The predicted molar refractivity (Wildman–Crippen MR) is 166 cm³/mol. The summed E-state index contributed by atoms with van der Waals surface area (Å²) in [5, 5.41) is 0. The lowest BCUT2D eigenvalue weighted by molar-refractivity contribution is -0.162. The maximum absolute atomic E-state index is 12.2. The van der Waals surface area contributed by atoms with Gasteiger partial charge in [0.05, 0.1) is 0 Å². The minimum absolute atomic E-state index is 0.266. The number of carbonyl (C=O) groups excluding carboxylic acids is 1. The molecular weight excluding hydrogens is 512 g/mol. The van der Waals surface area contributed by atoms with Crippen molar-refractivity contribution in [2.45, 2.75) is 104 Å². The standard InChI is InChI=1S/C35H48N2O4/c1-5-7-9-10-11-12-13-14-29-15-17-31(18-16-29)34-36-24-32(25-37-34)30-19-21-33(22-20-30)40-26-27(3)41-35(38)28(4)39-23-8-6-2/h15-22,24-25,27-28H,5-14,23,26H2,1-4H3. The molecule has 0 saturated carbocycles. The van der Waals surface area contributed by atoms with E-state index < -0.39 is 6.10 Å². The van der Waals surface area contributed by atoms with Gasteiger partial charge in [0.15, 0.2) is 11.9 Å². The summed E-state index contributed by atoms with van der Waals surface area (Å²) >= 11 is 0. The third-order valence-corrected chi connectivity index (χ3v) is 7.12. The average Bonchev–Trinajstić information content (AvgIpc) is 3.00. The van der Waals surface area contributed by atoms with Gasteiger partial charge < -0.3 is 14.2 Å². The number of aromatic nitrogens is 2. The molecule has 0 amide bonds. The van der Waals surface area contributed by atoms with Crippen molar-refractivity contribution in [1.82, 2.24) is 9.97 Å². The van der Waals surface area contributed by atoms with Crippen LogP contribution in [0.4, 0.5) is 0 Å². The Kier molecular flexibility index (Phi) is 14.4. The Bertz CT molecular complexity index is 1130. The van der Waals surface area contributed by atoms with Crippen LogP contribution in [0.2, 0.25) is 0 Å². The molecule has 0 radical (unpaired) electrons. The fraction of sp³-hybridized carbons (Fsp3) is 0.514. The number of nitrogens with zero attached hydrogens (tertiary/aromatic N) is 2. The molecule has 1 heterocycles. The second kappa shape index (κ2) is 18.2. The van der Waals surface area contributed by atoms with Gasteiger partial charge in [0.2, 0.25) is 0 Å². The monoisotopic (exact) mass is 560 g/mol. The fourth-order valence-corrected chi connectivity index (χ4v) is 4.49. The van der Waals surface area contributed by atoms with Crippen LogP contribution >= 0.6 is 0 Å². The maximum atomic E-state index is 12.2. The van der Waals surface area contributed by atoms with Crippen LogP contribution in [0.15, 0.2) is 60.9 Å². The molecule has 1 aromatic heterocycles. The Morgan fingerprint density at radius 2 is 1.34 bits per heavy atom. The van der Waals surface area contributed by atoms with E-state index in [1.807, 2.05) is 43.6 Å². The Balaban J connectivity index is 1.43. The van der Waals surface area contributed by atoms with Gasteiger partial charge in [0.1, 0.15) is 18.5 Å². The van der Waals surface area contributed by atoms with Crippen molar-refractivity contribution in [3.8, 4) is 28.3 Å². The molecule has 41 heavy (non-hydrogen) atoms. The van der Waals surface area contributed by atoms with Crippen LogP contribution in [0.1, 0.15) is 91.0 Å². The number of unbranched alkanes of at least 4 members (excludes halogenated alkanes) is 7. The zero-order valence-electron chi connectivity index (χ0n) is 25.4. The topological polar surface area (TPSA) is 70.5 Å². The summed E-state index contributed by atoms with van der Waals surface area (Å²) in [6.07, 6.45) is 15.2. The molecule has 222 valence electrons. The average molecular weight is 561 g/mol. The van der Waals surface area contributed by atoms with Crippen molar-refractivity contribution in [1.29, 1.82) is 0 Å². The Hall–Kier alpha value is -3.25. The van der Waals surface area contributed by atoms with Gasteiger partial charge in [0.25, 0.3) is 0 Å². The molecule has 6 heteroatoms. The number of hydrogen-bond acceptors (Lipinski definition) is 6. The lowest BCUT2D eigenvalue weighted by atomic mass is 10.0. The van der Waals surface area contributed by atoms with Crippen LogP contribution in [0.5, 0.6) is 5.75 Å². The van der Waals surface area contributed by atoms with E-state index in [2.05, 4.69) is 48.1 Å². The summed E-state index contributed by atoms with van der Waals surface area (Å²) in [5.41, 5.74) is 4.35. The van der Waals surface area contributed by atoms with Crippen LogP contribution in [-0.4, -0.2) is 41.4 Å². The number of ether oxygens (including phenoxy) is 3. The van der Waals surface area contributed by atoms with Gasteiger partial charge in [-0.05, 0) is 56.4 Å². The van der Waals surface area contributed by atoms with E-state index in [0.29, 0.717) is 12.4 Å². The molecule has 0 aliphatic carbocycles. The molecule has 0 fully saturated rings. The smallest absolute Gasteiger partial charge is 0.335 e. The van der Waals surface area contributed by atoms with E-state index >= 15 is 0 Å². The van der Waals surface area contributed by atoms with Crippen LogP contribution in [0.25, 0.3) is 22.5 Å². The molecule has 0 aliphatic rings. The molecule has 0 saturated heterocycles. The third kappa shape index (κ3) is 11.6. The van der Waals surface area contributed by atoms with Crippen LogP contribution < -0.4 is 4.74 Å². The molecule has 0 spiro atoms. The van der Waals surface area contributed by atoms with Crippen molar-refractivity contribution in [3.63, 3.8) is 0 Å². The highest BCUT2D eigenvalue weighted by atomic mass is 16.6. The molecule has 3 rings (SSSR count). The molecule has 0 aliphatic heterocycles. The molecule has 0 bridgehead atoms. The molecule has 3 aromatic rings. The van der Waals surface area contributed by atoms with Gasteiger partial charge in [-0.15, -0.1) is 0 Å². The second-order valence-electron chi connectivity index (χ2n) is 10.8. The van der Waals surface area contributed by atoms with Crippen LogP contribution in [0, 0.1) is 0 Å². The summed E-state index contributed by atoms with van der Waals surface area (Å²) in [6, 6.07) is 16.4. The van der Waals surface area contributed by atoms with Gasteiger partial charge in [-0.2, -0.15) is 0 Å². The first-order chi connectivity index (χ1) is 20.0. The molecule has 2 atom stereocenters. The lowest BCUT2D eigenvalue weighted by Crippen LogP contribution is -2.30. The Morgan fingerprint density at radius 1 is 0.732 bits per heavy atom. The van der Waals surface area contributed by atoms with E-state index in [1.165, 1.54) is 50.5 Å². The minimum atomic E-state index is -0.573. The van der Waals surface area contributed by atoms with Crippen LogP contribution in [-0.2, 0) is 20.7 Å². The molecule has 2 aromatic carbocycles. The second-order valence-corrected chi connectivity index (χ2v) is 10.8. The highest BCUT2D eigenvalue weighted by Crippen LogP contribution is 2.24. The quantitative estimate of drug-likeness (QED) is 0.108. The molecule has 2 unspecified atom stereocenters. The highest BCUT2D eigenvalue weighted by Gasteiger charge is 2.18. The number of carbonyl (C=O) groups is 1. The van der Waals surface area contributed by atoms with Gasteiger partial charge in [0, 0.05) is 30.1 Å². The normalized spacial score (nSPS) is 12.6. The number of aryl methyl sites for hydroxylation is 1. The first-order valence-corrected chi connectivity index (χ1v) is 15.5. The van der Waals surface area contributed by atoms with Crippen molar-refractivity contribution in [2.24, 2.45) is 0 Å². The first kappa shape index (κ1) is 32.3. The van der Waals surface area contributed by atoms with Gasteiger partial charge in [-0.1, -0.05) is 95.2 Å². The SMILES string of the molecule is CCCCCCCCCc1ccc(-c2ncc(-c3ccc(OCC(C)OC(=O)C(C)OCCCC)cc3)cn2)cc1. The predicted octanol–water partition coefficient (Wildman–Crippen LogP) is 8.62. The number of benzene rings is 2. The largest absolute Gasteiger partial charge is 0.490 e. The fourth-order valence-electron chi connectivity index (χ4n) is 4.49. The first-order valence-electron chi connectivity index (χ1n) is 15.5. The van der Waals surface area contributed by atoms with Crippen molar-refractivity contribution < 1.29 is 19.0 Å². The van der Waals surface area contributed by atoms with E-state index in [1.54, 1.807) is 6.92 Å².